The fourth-order valence-electron chi connectivity index (χ4n) is 0.874. The van der Waals surface area contributed by atoms with Crippen LogP contribution in [0.4, 0.5) is 10.1 Å². The Morgan fingerprint density at radius 2 is 2.07 bits per heavy atom. The van der Waals surface area contributed by atoms with Gasteiger partial charge in [-0.2, -0.15) is 0 Å². The molecule has 4 N–H and O–H groups in total. The summed E-state index contributed by atoms with van der Waals surface area (Å²) in [6.07, 6.45) is 0. The van der Waals surface area contributed by atoms with Gasteiger partial charge in [0.05, 0.1) is 11.3 Å². The molecule has 0 saturated carbocycles. The van der Waals surface area contributed by atoms with Crippen LogP contribution < -0.4 is 11.5 Å². The lowest BCUT2D eigenvalue weighted by Crippen LogP contribution is -2.21. The first kappa shape index (κ1) is 11.0. The number of hydrogen-bond acceptors (Lipinski definition) is 4. The lowest BCUT2D eigenvalue weighted by Gasteiger charge is -2.03. The third-order valence-corrected chi connectivity index (χ3v) is 1.58. The Hall–Kier alpha value is -2.11. The molecule has 1 rings (SSSR count). The summed E-state index contributed by atoms with van der Waals surface area (Å²) in [5, 5.41) is 0. The average Bonchev–Trinajstić information content (AvgIpc) is 2.18. The number of benzene rings is 1. The van der Waals surface area contributed by atoms with E-state index in [0.717, 1.165) is 6.07 Å². The highest BCUT2D eigenvalue weighted by atomic mass is 19.1. The Bertz CT molecular complexity index is 406. The van der Waals surface area contributed by atoms with Crippen molar-refractivity contribution in [1.29, 1.82) is 0 Å². The first-order chi connectivity index (χ1) is 7.00. The molecule has 0 bridgehead atoms. The van der Waals surface area contributed by atoms with Gasteiger partial charge >= 0.3 is 5.97 Å². The molecule has 1 amide bonds. The van der Waals surface area contributed by atoms with Crippen molar-refractivity contribution < 1.29 is 18.7 Å². The van der Waals surface area contributed by atoms with E-state index in [1.54, 1.807) is 0 Å². The second-order valence-corrected chi connectivity index (χ2v) is 2.78. The number of carbonyl (C=O) groups excluding carboxylic acids is 2. The number of halogens is 1. The molecule has 0 unspecified atom stereocenters. The molecule has 0 saturated heterocycles. The molecule has 0 atom stereocenters. The highest BCUT2D eigenvalue weighted by molar-refractivity contribution is 5.91. The van der Waals surface area contributed by atoms with Crippen molar-refractivity contribution in [2.24, 2.45) is 5.73 Å². The van der Waals surface area contributed by atoms with E-state index in [1.165, 1.54) is 12.1 Å². The first-order valence-electron chi connectivity index (χ1n) is 4.01. The molecule has 6 heteroatoms. The summed E-state index contributed by atoms with van der Waals surface area (Å²) in [6, 6.07) is 3.45. The number of amides is 1. The third kappa shape index (κ3) is 2.94. The Labute approximate surface area is 84.8 Å². The molecule has 0 aliphatic rings. The number of anilines is 1. The van der Waals surface area contributed by atoms with Crippen LogP contribution in [0.2, 0.25) is 0 Å². The van der Waals surface area contributed by atoms with Gasteiger partial charge in [-0.15, -0.1) is 0 Å². The van der Waals surface area contributed by atoms with Gasteiger partial charge in [0.25, 0.3) is 5.91 Å². The van der Waals surface area contributed by atoms with Crippen molar-refractivity contribution in [2.75, 3.05) is 12.3 Å². The van der Waals surface area contributed by atoms with Crippen LogP contribution in [0.1, 0.15) is 10.4 Å². The van der Waals surface area contributed by atoms with Crippen molar-refractivity contribution in [3.05, 3.63) is 29.6 Å². The summed E-state index contributed by atoms with van der Waals surface area (Å²) < 4.78 is 17.4. The molecule has 0 spiro atoms. The van der Waals surface area contributed by atoms with Crippen LogP contribution in [0.25, 0.3) is 0 Å². The average molecular weight is 212 g/mol. The minimum atomic E-state index is -0.826. The number of ether oxygens (including phenoxy) is 1. The van der Waals surface area contributed by atoms with Gasteiger partial charge in [-0.3, -0.25) is 4.79 Å². The monoisotopic (exact) mass is 212 g/mol. The van der Waals surface area contributed by atoms with Gasteiger partial charge in [-0.25, -0.2) is 9.18 Å². The summed E-state index contributed by atoms with van der Waals surface area (Å²) in [5.41, 5.74) is 9.88. The topological polar surface area (TPSA) is 95.4 Å². The zero-order valence-electron chi connectivity index (χ0n) is 7.70. The maximum absolute atomic E-state index is 12.9. The van der Waals surface area contributed by atoms with E-state index in [2.05, 4.69) is 4.74 Å². The van der Waals surface area contributed by atoms with Gasteiger partial charge in [0.2, 0.25) is 0 Å². The minimum absolute atomic E-state index is 0.0250. The number of nitrogen functional groups attached to an aromatic ring is 1. The van der Waals surface area contributed by atoms with Gasteiger partial charge in [-0.05, 0) is 18.2 Å². The fourth-order valence-corrected chi connectivity index (χ4v) is 0.874. The lowest BCUT2D eigenvalue weighted by atomic mass is 10.2. The quantitative estimate of drug-likeness (QED) is 0.546. The van der Waals surface area contributed by atoms with E-state index < -0.39 is 24.3 Å². The molecule has 80 valence electrons. The number of carbonyl (C=O) groups is 2. The molecule has 0 aliphatic heterocycles. The largest absolute Gasteiger partial charge is 0.452 e. The highest BCUT2D eigenvalue weighted by Crippen LogP contribution is 2.12. The summed E-state index contributed by atoms with van der Waals surface area (Å²) >= 11 is 0. The normalized spacial score (nSPS) is 9.67. The first-order valence-corrected chi connectivity index (χ1v) is 4.01. The van der Waals surface area contributed by atoms with Crippen LogP contribution >= 0.6 is 0 Å². The fraction of sp³-hybridized carbons (Fsp3) is 0.111. The Morgan fingerprint density at radius 3 is 2.60 bits per heavy atom. The van der Waals surface area contributed by atoms with Gasteiger partial charge in [0.1, 0.15) is 5.82 Å². The molecule has 0 aromatic heterocycles. The standard InChI is InChI=1S/C9H9FN2O3/c10-6-3-5(1-2-7(6)11)9(14)15-4-8(12)13/h1-3H,4,11H2,(H2,12,13). The van der Waals surface area contributed by atoms with Crippen molar-refractivity contribution in [3.63, 3.8) is 0 Å². The van der Waals surface area contributed by atoms with Crippen LogP contribution in [-0.4, -0.2) is 18.5 Å². The molecule has 1 aromatic carbocycles. The van der Waals surface area contributed by atoms with Crippen molar-refractivity contribution in [2.45, 2.75) is 0 Å². The van der Waals surface area contributed by atoms with Crippen molar-refractivity contribution in [1.82, 2.24) is 0 Å². The molecule has 0 radical (unpaired) electrons. The molecular weight excluding hydrogens is 203 g/mol. The second kappa shape index (κ2) is 4.41. The summed E-state index contributed by atoms with van der Waals surface area (Å²) in [5.74, 6) is -2.32. The number of hydrogen-bond donors (Lipinski definition) is 2. The zero-order valence-corrected chi connectivity index (χ0v) is 7.70. The van der Waals surface area contributed by atoms with Gasteiger partial charge in [0, 0.05) is 0 Å². The van der Waals surface area contributed by atoms with Crippen molar-refractivity contribution >= 4 is 17.6 Å². The predicted octanol–water partition coefficient (Wildman–Crippen LogP) is 0.0500. The molecule has 5 nitrogen and oxygen atoms in total. The summed E-state index contributed by atoms with van der Waals surface area (Å²) in [7, 11) is 0. The molecule has 0 heterocycles. The summed E-state index contributed by atoms with van der Waals surface area (Å²) in [6.45, 7) is -0.537. The Balaban J connectivity index is 2.74. The minimum Gasteiger partial charge on any atom is -0.452 e. The molecular formula is C9H9FN2O3. The Kier molecular flexibility index (Phi) is 3.22. The number of nitrogens with two attached hydrogens (primary N) is 2. The van der Waals surface area contributed by atoms with E-state index >= 15 is 0 Å². The third-order valence-electron chi connectivity index (χ3n) is 1.58. The maximum Gasteiger partial charge on any atom is 0.338 e. The SMILES string of the molecule is NC(=O)COC(=O)c1ccc(N)c(F)c1. The van der Waals surface area contributed by atoms with Gasteiger partial charge in [-0.1, -0.05) is 0 Å². The van der Waals surface area contributed by atoms with Crippen molar-refractivity contribution in [3.8, 4) is 0 Å². The van der Waals surface area contributed by atoms with E-state index in [-0.39, 0.29) is 11.3 Å². The van der Waals surface area contributed by atoms with Crippen LogP contribution in [0, 0.1) is 5.82 Å². The van der Waals surface area contributed by atoms with Crippen LogP contribution in [0.5, 0.6) is 0 Å². The molecule has 0 fully saturated rings. The van der Waals surface area contributed by atoms with Gasteiger partial charge in [0.15, 0.2) is 6.61 Å². The van der Waals surface area contributed by atoms with E-state index in [9.17, 15) is 14.0 Å². The summed E-state index contributed by atoms with van der Waals surface area (Å²) in [4.78, 5) is 21.5. The second-order valence-electron chi connectivity index (χ2n) is 2.78. The zero-order chi connectivity index (χ0) is 11.4. The smallest absolute Gasteiger partial charge is 0.338 e. The maximum atomic E-state index is 12.9. The molecule has 1 aromatic rings. The van der Waals surface area contributed by atoms with Crippen LogP contribution in [-0.2, 0) is 9.53 Å². The van der Waals surface area contributed by atoms with E-state index in [0.29, 0.717) is 0 Å². The Morgan fingerprint density at radius 1 is 1.40 bits per heavy atom. The van der Waals surface area contributed by atoms with Gasteiger partial charge < -0.3 is 16.2 Å². The van der Waals surface area contributed by atoms with Crippen LogP contribution in [0.15, 0.2) is 18.2 Å². The number of rotatable bonds is 3. The van der Waals surface area contributed by atoms with E-state index in [1.807, 2.05) is 0 Å². The van der Waals surface area contributed by atoms with Crippen LogP contribution in [0.3, 0.4) is 0 Å². The predicted molar refractivity (Wildman–Crippen MR) is 50.3 cm³/mol. The van der Waals surface area contributed by atoms with E-state index in [4.69, 9.17) is 11.5 Å². The molecule has 0 aliphatic carbocycles. The number of esters is 1. The highest BCUT2D eigenvalue weighted by Gasteiger charge is 2.10. The molecule has 15 heavy (non-hydrogen) atoms. The lowest BCUT2D eigenvalue weighted by molar-refractivity contribution is -0.121. The number of primary amides is 1.